The highest BCUT2D eigenvalue weighted by atomic mass is 35.5. The van der Waals surface area contributed by atoms with Crippen molar-refractivity contribution < 1.29 is 9.32 Å². The number of hydrogen-bond acceptors (Lipinski definition) is 3. The third-order valence-corrected chi connectivity index (χ3v) is 5.15. The Morgan fingerprint density at radius 2 is 2.00 bits per heavy atom. The third kappa shape index (κ3) is 3.93. The van der Waals surface area contributed by atoms with Crippen molar-refractivity contribution in [1.29, 1.82) is 0 Å². The average Bonchev–Trinajstić information content (AvgIpc) is 3.09. The second kappa shape index (κ2) is 6.35. The van der Waals surface area contributed by atoms with Crippen molar-refractivity contribution in [3.8, 4) is 0 Å². The van der Waals surface area contributed by atoms with Crippen molar-refractivity contribution in [2.24, 2.45) is 0 Å². The average molecular weight is 308 g/mol. The minimum absolute atomic E-state index is 0.142. The van der Waals surface area contributed by atoms with Crippen molar-refractivity contribution in [2.75, 3.05) is 12.3 Å². The molecule has 0 radical (unpaired) electrons. The second-order valence-corrected chi connectivity index (χ2v) is 6.65. The fourth-order valence-corrected chi connectivity index (χ4v) is 3.73. The lowest BCUT2D eigenvalue weighted by atomic mass is 10.4. The Balaban J connectivity index is 1.93. The summed E-state index contributed by atoms with van der Waals surface area (Å²) in [6.45, 7) is 0.457. The molecule has 0 spiro atoms. The first-order valence-corrected chi connectivity index (χ1v) is 7.89. The molecule has 2 N–H and O–H groups in total. The van der Waals surface area contributed by atoms with Crippen molar-refractivity contribution in [3.63, 3.8) is 0 Å². The van der Waals surface area contributed by atoms with E-state index in [1.807, 2.05) is 0 Å². The molecule has 3 nitrogen and oxygen atoms in total. The van der Waals surface area contributed by atoms with Gasteiger partial charge in [-0.2, -0.15) is 0 Å². The summed E-state index contributed by atoms with van der Waals surface area (Å²) in [5.41, 5.74) is 0. The molecule has 1 aromatic rings. The maximum Gasteiger partial charge on any atom is 0.0783 e. The molecular formula is C12H15Cl2NO2S. The predicted octanol–water partition coefficient (Wildman–Crippen LogP) is 2.21. The molecule has 0 amide bonds. The fraction of sp³-hybridized carbons (Fsp3) is 0.500. The van der Waals surface area contributed by atoms with E-state index in [-0.39, 0.29) is 5.75 Å². The molecular weight excluding hydrogens is 293 g/mol. The first-order chi connectivity index (χ1) is 8.58. The Labute approximate surface area is 119 Å². The van der Waals surface area contributed by atoms with E-state index in [0.717, 1.165) is 12.8 Å². The molecule has 0 bridgehead atoms. The van der Waals surface area contributed by atoms with Crippen LogP contribution in [0.3, 0.4) is 0 Å². The highest BCUT2D eigenvalue weighted by Gasteiger charge is 2.22. The second-order valence-electron chi connectivity index (χ2n) is 4.40. The lowest BCUT2D eigenvalue weighted by Crippen LogP contribution is -2.32. The van der Waals surface area contributed by atoms with Crippen LogP contribution in [0.25, 0.3) is 0 Å². The lowest BCUT2D eigenvalue weighted by molar-refractivity contribution is 0.194. The van der Waals surface area contributed by atoms with E-state index in [1.165, 1.54) is 0 Å². The molecule has 2 rings (SSSR count). The monoisotopic (exact) mass is 307 g/mol. The van der Waals surface area contributed by atoms with E-state index in [4.69, 9.17) is 23.2 Å². The Morgan fingerprint density at radius 1 is 1.39 bits per heavy atom. The standard InChI is InChI=1S/C12H15Cl2NO2S/c13-10-2-1-3-11(14)12(10)18(17)7-9(16)6-15-8-4-5-8/h1-3,8-9,15-16H,4-7H2. The number of aliphatic hydroxyl groups excluding tert-OH is 1. The summed E-state index contributed by atoms with van der Waals surface area (Å²) >= 11 is 11.9. The van der Waals surface area contributed by atoms with E-state index in [1.54, 1.807) is 18.2 Å². The van der Waals surface area contributed by atoms with Crippen LogP contribution in [-0.2, 0) is 10.8 Å². The van der Waals surface area contributed by atoms with E-state index in [2.05, 4.69) is 5.32 Å². The minimum atomic E-state index is -1.38. The Hall–Kier alpha value is -0.130. The van der Waals surface area contributed by atoms with Gasteiger partial charge in [-0.3, -0.25) is 4.21 Å². The van der Waals surface area contributed by atoms with Crippen molar-refractivity contribution in [2.45, 2.75) is 29.9 Å². The van der Waals surface area contributed by atoms with Crippen LogP contribution in [-0.4, -0.2) is 33.8 Å². The van der Waals surface area contributed by atoms with Crippen LogP contribution in [0.5, 0.6) is 0 Å². The normalized spacial score (nSPS) is 18.6. The molecule has 18 heavy (non-hydrogen) atoms. The number of benzene rings is 1. The molecule has 1 aliphatic carbocycles. The fourth-order valence-electron chi connectivity index (χ4n) is 1.61. The van der Waals surface area contributed by atoms with Gasteiger partial charge in [-0.25, -0.2) is 0 Å². The highest BCUT2D eigenvalue weighted by molar-refractivity contribution is 7.85. The van der Waals surface area contributed by atoms with Gasteiger partial charge >= 0.3 is 0 Å². The first-order valence-electron chi connectivity index (χ1n) is 5.81. The predicted molar refractivity (Wildman–Crippen MR) is 74.8 cm³/mol. The Bertz CT molecular complexity index is 431. The summed E-state index contributed by atoms with van der Waals surface area (Å²) in [5.74, 6) is 0.142. The molecule has 1 fully saturated rings. The molecule has 6 heteroatoms. The number of nitrogens with one attached hydrogen (secondary N) is 1. The van der Waals surface area contributed by atoms with Crippen LogP contribution in [0.15, 0.2) is 23.1 Å². The molecule has 2 atom stereocenters. The number of hydrogen-bond donors (Lipinski definition) is 2. The van der Waals surface area contributed by atoms with Gasteiger partial charge in [-0.05, 0) is 25.0 Å². The van der Waals surface area contributed by atoms with E-state index < -0.39 is 16.9 Å². The van der Waals surface area contributed by atoms with Crippen LogP contribution in [0, 0.1) is 0 Å². The van der Waals surface area contributed by atoms with Crippen LogP contribution < -0.4 is 5.32 Å². The van der Waals surface area contributed by atoms with E-state index >= 15 is 0 Å². The summed E-state index contributed by atoms with van der Waals surface area (Å²) in [4.78, 5) is 0.409. The molecule has 2 unspecified atom stereocenters. The molecule has 0 heterocycles. The van der Waals surface area contributed by atoms with Crippen LogP contribution in [0.2, 0.25) is 10.0 Å². The van der Waals surface area contributed by atoms with Gasteiger partial charge in [0.1, 0.15) is 0 Å². The lowest BCUT2D eigenvalue weighted by Gasteiger charge is -2.12. The highest BCUT2D eigenvalue weighted by Crippen LogP contribution is 2.28. The van der Waals surface area contributed by atoms with Crippen molar-refractivity contribution in [3.05, 3.63) is 28.2 Å². The van der Waals surface area contributed by atoms with Gasteiger partial charge in [0.05, 0.1) is 37.6 Å². The van der Waals surface area contributed by atoms with Crippen LogP contribution in [0.1, 0.15) is 12.8 Å². The minimum Gasteiger partial charge on any atom is -0.391 e. The molecule has 1 saturated carbocycles. The zero-order valence-electron chi connectivity index (χ0n) is 9.73. The first kappa shape index (κ1) is 14.3. The number of rotatable bonds is 6. The number of halogens is 2. The number of aliphatic hydroxyl groups is 1. The molecule has 0 aromatic heterocycles. The van der Waals surface area contributed by atoms with Gasteiger partial charge < -0.3 is 10.4 Å². The summed E-state index contributed by atoms with van der Waals surface area (Å²) in [6.07, 6.45) is 1.66. The van der Waals surface area contributed by atoms with Gasteiger partial charge in [-0.15, -0.1) is 0 Å². The third-order valence-electron chi connectivity index (χ3n) is 2.71. The maximum atomic E-state index is 12.1. The molecule has 100 valence electrons. The molecule has 0 saturated heterocycles. The van der Waals surface area contributed by atoms with E-state index in [9.17, 15) is 9.32 Å². The Kier molecular flexibility index (Phi) is 5.04. The van der Waals surface area contributed by atoms with Crippen molar-refractivity contribution >= 4 is 34.0 Å². The van der Waals surface area contributed by atoms with Crippen LogP contribution in [0.4, 0.5) is 0 Å². The zero-order valence-corrected chi connectivity index (χ0v) is 12.1. The van der Waals surface area contributed by atoms with Gasteiger partial charge in [-0.1, -0.05) is 29.3 Å². The summed E-state index contributed by atoms with van der Waals surface area (Å²) in [7, 11) is -1.38. The summed E-state index contributed by atoms with van der Waals surface area (Å²) in [6, 6.07) is 5.53. The largest absolute Gasteiger partial charge is 0.391 e. The van der Waals surface area contributed by atoms with Gasteiger partial charge in [0, 0.05) is 12.6 Å². The smallest absolute Gasteiger partial charge is 0.0783 e. The van der Waals surface area contributed by atoms with E-state index in [0.29, 0.717) is 27.5 Å². The van der Waals surface area contributed by atoms with Gasteiger partial charge in [0.15, 0.2) is 0 Å². The van der Waals surface area contributed by atoms with Gasteiger partial charge in [0.25, 0.3) is 0 Å². The topological polar surface area (TPSA) is 49.3 Å². The zero-order chi connectivity index (χ0) is 13.1. The maximum absolute atomic E-state index is 12.1. The van der Waals surface area contributed by atoms with Crippen molar-refractivity contribution in [1.82, 2.24) is 5.32 Å². The SMILES string of the molecule is O=S(CC(O)CNC1CC1)c1c(Cl)cccc1Cl. The Morgan fingerprint density at radius 3 is 2.56 bits per heavy atom. The molecule has 0 aliphatic heterocycles. The van der Waals surface area contributed by atoms with Crippen LogP contribution >= 0.6 is 23.2 Å². The van der Waals surface area contributed by atoms with Gasteiger partial charge in [0.2, 0.25) is 0 Å². The molecule has 1 aliphatic rings. The quantitative estimate of drug-likeness (QED) is 0.847. The summed E-state index contributed by atoms with van der Waals surface area (Å²) < 4.78 is 12.1. The molecule has 1 aromatic carbocycles. The summed E-state index contributed by atoms with van der Waals surface area (Å²) in [5, 5.41) is 13.7.